The fraction of sp³-hybridized carbons (Fsp3) is 0.364. The lowest BCUT2D eigenvalue weighted by Gasteiger charge is -2.20. The largest absolute Gasteiger partial charge is 0.481 e. The fourth-order valence-corrected chi connectivity index (χ4v) is 1.49. The van der Waals surface area contributed by atoms with Crippen molar-refractivity contribution in [2.75, 3.05) is 6.61 Å². The number of nitrogens with zero attached hydrogens (tertiary/aromatic N) is 1. The fourth-order valence-electron chi connectivity index (χ4n) is 1.49. The van der Waals surface area contributed by atoms with Crippen LogP contribution in [0.1, 0.15) is 6.92 Å². The lowest BCUT2D eigenvalue weighted by atomic mass is 10.0. The topological polar surface area (TPSA) is 21.6 Å². The quantitative estimate of drug-likeness (QED) is 0.559. The second kappa shape index (κ2) is 3.60. The summed E-state index contributed by atoms with van der Waals surface area (Å²) in [7, 11) is 0. The molecule has 0 aromatic rings. The van der Waals surface area contributed by atoms with Gasteiger partial charge in [-0.05, 0) is 6.92 Å². The van der Waals surface area contributed by atoms with E-state index in [0.29, 0.717) is 6.61 Å². The molecule has 0 saturated heterocycles. The monoisotopic (exact) mass is 175 g/mol. The summed E-state index contributed by atoms with van der Waals surface area (Å²) in [6.07, 6.45) is 12.5. The van der Waals surface area contributed by atoms with Crippen LogP contribution in [-0.2, 0) is 4.74 Å². The molecule has 3 rings (SSSR count). The highest BCUT2D eigenvalue weighted by atomic mass is 16.5. The van der Waals surface area contributed by atoms with Crippen LogP contribution in [0, 0.1) is 5.92 Å². The van der Waals surface area contributed by atoms with E-state index in [2.05, 4.69) is 35.4 Å². The maximum absolute atomic E-state index is 5.47. The molecular formula is C11H13NO. The smallest absolute Gasteiger partial charge is 0.195 e. The molecule has 0 aromatic carbocycles. The van der Waals surface area contributed by atoms with Crippen LogP contribution < -0.4 is 0 Å². The maximum Gasteiger partial charge on any atom is 0.195 e. The number of aliphatic imine (C=N–C) groups is 1. The van der Waals surface area contributed by atoms with Gasteiger partial charge in [-0.1, -0.05) is 36.5 Å². The predicted octanol–water partition coefficient (Wildman–Crippen LogP) is 2.10. The number of allylic oxidation sites excluding steroid dienone is 2. The average Bonchev–Trinajstić information content (AvgIpc) is 2.08. The van der Waals surface area contributed by atoms with Crippen LogP contribution in [0.3, 0.4) is 0 Å². The van der Waals surface area contributed by atoms with E-state index >= 15 is 0 Å². The van der Waals surface area contributed by atoms with Crippen molar-refractivity contribution in [3.63, 3.8) is 0 Å². The summed E-state index contributed by atoms with van der Waals surface area (Å²) >= 11 is 0. The predicted molar refractivity (Wildman–Crippen MR) is 53.8 cm³/mol. The summed E-state index contributed by atoms with van der Waals surface area (Å²) in [4.78, 5) is 4.46. The molecule has 2 heterocycles. The van der Waals surface area contributed by atoms with E-state index in [9.17, 15) is 0 Å². The minimum Gasteiger partial charge on any atom is -0.481 e. The Labute approximate surface area is 78.3 Å². The van der Waals surface area contributed by atoms with Gasteiger partial charge in [-0.2, -0.15) is 0 Å². The van der Waals surface area contributed by atoms with Gasteiger partial charge in [-0.25, -0.2) is 4.99 Å². The molecule has 2 nitrogen and oxygen atoms in total. The van der Waals surface area contributed by atoms with Crippen LogP contribution in [0.5, 0.6) is 0 Å². The van der Waals surface area contributed by atoms with Crippen molar-refractivity contribution < 1.29 is 4.74 Å². The molecule has 2 aliphatic heterocycles. The van der Waals surface area contributed by atoms with E-state index in [1.165, 1.54) is 0 Å². The summed E-state index contributed by atoms with van der Waals surface area (Å²) in [6.45, 7) is 2.67. The van der Waals surface area contributed by atoms with Crippen molar-refractivity contribution in [2.45, 2.75) is 13.0 Å². The first-order chi connectivity index (χ1) is 6.40. The molecule has 0 spiro atoms. The van der Waals surface area contributed by atoms with Gasteiger partial charge in [0.05, 0.1) is 18.6 Å². The normalized spacial score (nSPS) is 34.7. The zero-order valence-electron chi connectivity index (χ0n) is 7.68. The van der Waals surface area contributed by atoms with Gasteiger partial charge in [-0.15, -0.1) is 0 Å². The van der Waals surface area contributed by atoms with Gasteiger partial charge < -0.3 is 4.74 Å². The van der Waals surface area contributed by atoms with Gasteiger partial charge in [0.2, 0.25) is 0 Å². The molecule has 0 radical (unpaired) electrons. The molecule has 2 bridgehead atoms. The molecule has 1 aliphatic carbocycles. The number of hydrogen-bond donors (Lipinski definition) is 0. The first-order valence-corrected chi connectivity index (χ1v) is 4.64. The standard InChI is InChI=1S/C11H13NO/c1-2-13-11-9-5-3-4-6-10(12-11)8-7-9/h3-10H,2H2,1H3/b5-3-,6-4+. The summed E-state index contributed by atoms with van der Waals surface area (Å²) in [5, 5.41) is 0. The van der Waals surface area contributed by atoms with E-state index < -0.39 is 0 Å². The highest BCUT2D eigenvalue weighted by molar-refractivity contribution is 5.84. The van der Waals surface area contributed by atoms with Crippen LogP contribution in [0.2, 0.25) is 0 Å². The van der Waals surface area contributed by atoms with E-state index in [0.717, 1.165) is 5.90 Å². The van der Waals surface area contributed by atoms with Crippen molar-refractivity contribution in [3.8, 4) is 0 Å². The Balaban J connectivity index is 2.26. The molecular weight excluding hydrogens is 162 g/mol. The van der Waals surface area contributed by atoms with Crippen molar-refractivity contribution in [2.24, 2.45) is 10.9 Å². The Kier molecular flexibility index (Phi) is 2.30. The molecule has 0 aromatic heterocycles. The summed E-state index contributed by atoms with van der Waals surface area (Å²) in [5.74, 6) is 1.08. The van der Waals surface area contributed by atoms with E-state index in [1.807, 2.05) is 13.0 Å². The Morgan fingerprint density at radius 1 is 1.23 bits per heavy atom. The van der Waals surface area contributed by atoms with Gasteiger partial charge in [0.15, 0.2) is 5.90 Å². The third-order valence-electron chi connectivity index (χ3n) is 2.11. The van der Waals surface area contributed by atoms with Gasteiger partial charge in [-0.3, -0.25) is 0 Å². The summed E-state index contributed by atoms with van der Waals surface area (Å²) < 4.78 is 5.47. The van der Waals surface area contributed by atoms with Crippen molar-refractivity contribution in [1.82, 2.24) is 0 Å². The Hall–Kier alpha value is -1.31. The minimum atomic E-state index is 0.169. The minimum absolute atomic E-state index is 0.169. The highest BCUT2D eigenvalue weighted by Crippen LogP contribution is 2.17. The van der Waals surface area contributed by atoms with Crippen molar-refractivity contribution in [3.05, 3.63) is 36.5 Å². The molecule has 2 unspecified atom stereocenters. The van der Waals surface area contributed by atoms with Gasteiger partial charge in [0, 0.05) is 0 Å². The molecule has 0 fully saturated rings. The molecule has 2 atom stereocenters. The van der Waals surface area contributed by atoms with Crippen LogP contribution in [0.15, 0.2) is 41.4 Å². The number of dihydropyridines is 1. The first kappa shape index (κ1) is 8.30. The van der Waals surface area contributed by atoms with Crippen molar-refractivity contribution >= 4 is 5.90 Å². The second-order valence-corrected chi connectivity index (χ2v) is 3.07. The Bertz CT molecular complexity index is 299. The molecule has 68 valence electrons. The van der Waals surface area contributed by atoms with Crippen LogP contribution in [0.25, 0.3) is 0 Å². The zero-order valence-corrected chi connectivity index (χ0v) is 7.68. The first-order valence-electron chi connectivity index (χ1n) is 4.64. The Morgan fingerprint density at radius 3 is 2.92 bits per heavy atom. The molecule has 0 saturated carbocycles. The lowest BCUT2D eigenvalue weighted by molar-refractivity contribution is 0.310. The molecule has 3 aliphatic rings. The summed E-state index contributed by atoms with van der Waals surface area (Å²) in [6, 6.07) is 0.169. The number of ether oxygens (including phenoxy) is 1. The van der Waals surface area contributed by atoms with Gasteiger partial charge in [0.1, 0.15) is 0 Å². The van der Waals surface area contributed by atoms with Crippen molar-refractivity contribution in [1.29, 1.82) is 0 Å². The number of fused-ring (bicyclic) bond motifs is 1. The number of rotatable bonds is 1. The SMILES string of the molecule is CCOC1=NC2C=CC1/C=C\C=C\2. The van der Waals surface area contributed by atoms with Gasteiger partial charge >= 0.3 is 0 Å². The summed E-state index contributed by atoms with van der Waals surface area (Å²) in [5.41, 5.74) is 0. The molecule has 0 amide bonds. The van der Waals surface area contributed by atoms with Gasteiger partial charge in [0.25, 0.3) is 0 Å². The van der Waals surface area contributed by atoms with Crippen LogP contribution in [0.4, 0.5) is 0 Å². The van der Waals surface area contributed by atoms with Crippen LogP contribution in [-0.4, -0.2) is 18.5 Å². The molecule has 2 heteroatoms. The third-order valence-corrected chi connectivity index (χ3v) is 2.11. The second-order valence-electron chi connectivity index (χ2n) is 3.07. The Morgan fingerprint density at radius 2 is 2.08 bits per heavy atom. The van der Waals surface area contributed by atoms with E-state index in [-0.39, 0.29) is 12.0 Å². The third kappa shape index (κ3) is 1.72. The van der Waals surface area contributed by atoms with E-state index in [1.54, 1.807) is 0 Å². The van der Waals surface area contributed by atoms with Crippen LogP contribution >= 0.6 is 0 Å². The zero-order chi connectivity index (χ0) is 9.10. The molecule has 13 heavy (non-hydrogen) atoms. The highest BCUT2D eigenvalue weighted by Gasteiger charge is 2.18. The number of hydrogen-bond acceptors (Lipinski definition) is 2. The average molecular weight is 175 g/mol. The lowest BCUT2D eigenvalue weighted by Crippen LogP contribution is -2.21. The van der Waals surface area contributed by atoms with E-state index in [4.69, 9.17) is 4.74 Å². The molecule has 0 N–H and O–H groups in total. The maximum atomic E-state index is 5.47.